The summed E-state index contributed by atoms with van der Waals surface area (Å²) in [5, 5.41) is 2.95. The number of urea groups is 1. The highest BCUT2D eigenvalue weighted by Crippen LogP contribution is 2.12. The quantitative estimate of drug-likeness (QED) is 0.739. The van der Waals surface area contributed by atoms with Gasteiger partial charge in [0.25, 0.3) is 0 Å². The second-order valence-corrected chi connectivity index (χ2v) is 7.64. The molecule has 2 amide bonds. The predicted molar refractivity (Wildman–Crippen MR) is 69.3 cm³/mol. The van der Waals surface area contributed by atoms with E-state index in [-0.39, 0.29) is 23.6 Å². The number of hydrogen-bond acceptors (Lipinski definition) is 4. The van der Waals surface area contributed by atoms with Gasteiger partial charge in [0, 0.05) is 32.2 Å². The monoisotopic (exact) mass is 275 g/mol. The lowest BCUT2D eigenvalue weighted by Gasteiger charge is -2.43. The summed E-state index contributed by atoms with van der Waals surface area (Å²) in [5.74, 6) is 0.173. The molecular formula is C11H21N3O3S. The van der Waals surface area contributed by atoms with Crippen LogP contribution in [0, 0.1) is 0 Å². The number of rotatable bonds is 2. The van der Waals surface area contributed by atoms with Gasteiger partial charge in [-0.3, -0.25) is 4.90 Å². The number of likely N-dealkylation sites (tertiary alicyclic amines) is 1. The Labute approximate surface area is 108 Å². The van der Waals surface area contributed by atoms with Crippen LogP contribution in [0.5, 0.6) is 0 Å². The van der Waals surface area contributed by atoms with Crippen molar-refractivity contribution in [3.8, 4) is 0 Å². The number of sulfone groups is 1. The van der Waals surface area contributed by atoms with E-state index in [1.807, 2.05) is 0 Å². The first-order valence-electron chi connectivity index (χ1n) is 6.37. The minimum Gasteiger partial charge on any atom is -0.333 e. The molecule has 2 fully saturated rings. The lowest BCUT2D eigenvalue weighted by molar-refractivity contribution is 0.0914. The van der Waals surface area contributed by atoms with Gasteiger partial charge < -0.3 is 10.2 Å². The van der Waals surface area contributed by atoms with Crippen LogP contribution in [0.1, 0.15) is 13.8 Å². The Morgan fingerprint density at radius 3 is 2.28 bits per heavy atom. The van der Waals surface area contributed by atoms with Gasteiger partial charge in [-0.1, -0.05) is 0 Å². The Bertz CT molecular complexity index is 401. The first-order chi connectivity index (χ1) is 8.37. The Hall–Kier alpha value is -0.820. The number of nitrogens with zero attached hydrogens (tertiary/aromatic N) is 2. The van der Waals surface area contributed by atoms with Crippen LogP contribution < -0.4 is 5.32 Å². The largest absolute Gasteiger partial charge is 0.333 e. The molecule has 0 spiro atoms. The van der Waals surface area contributed by atoms with Crippen molar-refractivity contribution in [3.63, 3.8) is 0 Å². The van der Waals surface area contributed by atoms with E-state index in [1.54, 1.807) is 4.90 Å². The van der Waals surface area contributed by atoms with E-state index in [4.69, 9.17) is 0 Å². The topological polar surface area (TPSA) is 69.7 Å². The van der Waals surface area contributed by atoms with E-state index in [0.29, 0.717) is 19.1 Å². The maximum Gasteiger partial charge on any atom is 0.317 e. The smallest absolute Gasteiger partial charge is 0.317 e. The van der Waals surface area contributed by atoms with E-state index >= 15 is 0 Å². The molecule has 0 radical (unpaired) electrons. The predicted octanol–water partition coefficient (Wildman–Crippen LogP) is -0.481. The van der Waals surface area contributed by atoms with E-state index in [9.17, 15) is 13.2 Å². The highest BCUT2D eigenvalue weighted by molar-refractivity contribution is 7.91. The number of amides is 2. The van der Waals surface area contributed by atoms with Gasteiger partial charge in [-0.05, 0) is 13.8 Å². The molecule has 0 atom stereocenters. The van der Waals surface area contributed by atoms with Gasteiger partial charge in [-0.15, -0.1) is 0 Å². The number of carbonyl (C=O) groups is 1. The molecule has 2 saturated heterocycles. The van der Waals surface area contributed by atoms with Gasteiger partial charge >= 0.3 is 6.03 Å². The molecule has 2 heterocycles. The van der Waals surface area contributed by atoms with Crippen molar-refractivity contribution in [1.82, 2.24) is 15.1 Å². The van der Waals surface area contributed by atoms with Gasteiger partial charge in [0.2, 0.25) is 0 Å². The maximum atomic E-state index is 11.9. The fraction of sp³-hybridized carbons (Fsp3) is 0.909. The normalized spacial score (nSPS) is 24.9. The van der Waals surface area contributed by atoms with Crippen LogP contribution in [0.25, 0.3) is 0 Å². The van der Waals surface area contributed by atoms with Crippen LogP contribution in [-0.4, -0.2) is 74.0 Å². The summed E-state index contributed by atoms with van der Waals surface area (Å²) in [6.07, 6.45) is 0. The summed E-state index contributed by atoms with van der Waals surface area (Å²) >= 11 is 0. The molecule has 0 aliphatic carbocycles. The molecule has 6 nitrogen and oxygen atoms in total. The van der Waals surface area contributed by atoms with Gasteiger partial charge in [-0.2, -0.15) is 0 Å². The SMILES string of the molecule is CC(C)N1CC(NC(=O)N2CCS(=O)(=O)CC2)C1. The van der Waals surface area contributed by atoms with Crippen LogP contribution in [0.3, 0.4) is 0 Å². The van der Waals surface area contributed by atoms with Crippen molar-refractivity contribution in [2.24, 2.45) is 0 Å². The number of hydrogen-bond donors (Lipinski definition) is 1. The van der Waals surface area contributed by atoms with Crippen molar-refractivity contribution in [2.45, 2.75) is 25.9 Å². The lowest BCUT2D eigenvalue weighted by atomic mass is 10.1. The van der Waals surface area contributed by atoms with Crippen LogP contribution in [0.4, 0.5) is 4.79 Å². The van der Waals surface area contributed by atoms with E-state index in [2.05, 4.69) is 24.1 Å². The molecule has 104 valence electrons. The highest BCUT2D eigenvalue weighted by atomic mass is 32.2. The van der Waals surface area contributed by atoms with Crippen molar-refractivity contribution >= 4 is 15.9 Å². The van der Waals surface area contributed by atoms with Crippen LogP contribution in [-0.2, 0) is 9.84 Å². The third-order valence-corrected chi connectivity index (χ3v) is 5.21. The standard InChI is InChI=1S/C11H21N3O3S/c1-9(2)14-7-10(8-14)12-11(15)13-3-5-18(16,17)6-4-13/h9-10H,3-8H2,1-2H3,(H,12,15). The zero-order valence-corrected chi connectivity index (χ0v) is 11.7. The van der Waals surface area contributed by atoms with Crippen molar-refractivity contribution in [3.05, 3.63) is 0 Å². The molecule has 2 aliphatic heterocycles. The average molecular weight is 275 g/mol. The molecule has 1 N–H and O–H groups in total. The molecule has 0 aromatic heterocycles. The molecule has 0 saturated carbocycles. The second kappa shape index (κ2) is 5.05. The summed E-state index contributed by atoms with van der Waals surface area (Å²) < 4.78 is 22.5. The third-order valence-electron chi connectivity index (χ3n) is 3.60. The maximum absolute atomic E-state index is 11.9. The van der Waals surface area contributed by atoms with E-state index in [1.165, 1.54) is 0 Å². The molecule has 7 heteroatoms. The molecule has 0 aromatic rings. The Morgan fingerprint density at radius 2 is 1.78 bits per heavy atom. The van der Waals surface area contributed by atoms with Gasteiger partial charge in [-0.25, -0.2) is 13.2 Å². The summed E-state index contributed by atoms with van der Waals surface area (Å²) in [6.45, 7) is 6.66. The third kappa shape index (κ3) is 3.14. The minimum absolute atomic E-state index is 0.0865. The van der Waals surface area contributed by atoms with Crippen LogP contribution in [0.15, 0.2) is 0 Å². The summed E-state index contributed by atoms with van der Waals surface area (Å²) in [7, 11) is -2.92. The first kappa shape index (κ1) is 13.6. The van der Waals surface area contributed by atoms with Gasteiger partial charge in [0.05, 0.1) is 17.5 Å². The van der Waals surface area contributed by atoms with Crippen LogP contribution in [0.2, 0.25) is 0 Å². The molecule has 2 aliphatic rings. The van der Waals surface area contributed by atoms with E-state index in [0.717, 1.165) is 13.1 Å². The zero-order valence-electron chi connectivity index (χ0n) is 10.9. The summed E-state index contributed by atoms with van der Waals surface area (Å²) in [4.78, 5) is 15.8. The van der Waals surface area contributed by atoms with Crippen molar-refractivity contribution < 1.29 is 13.2 Å². The lowest BCUT2D eigenvalue weighted by Crippen LogP contribution is -2.63. The number of nitrogens with one attached hydrogen (secondary N) is 1. The molecule has 0 bridgehead atoms. The molecule has 0 unspecified atom stereocenters. The first-order valence-corrected chi connectivity index (χ1v) is 8.19. The summed E-state index contributed by atoms with van der Waals surface area (Å²) in [6, 6.07) is 0.593. The average Bonchev–Trinajstić information content (AvgIpc) is 2.21. The van der Waals surface area contributed by atoms with Crippen molar-refractivity contribution in [2.75, 3.05) is 37.7 Å². The zero-order chi connectivity index (χ0) is 13.3. The van der Waals surface area contributed by atoms with E-state index < -0.39 is 9.84 Å². The fourth-order valence-electron chi connectivity index (χ4n) is 2.21. The van der Waals surface area contributed by atoms with Gasteiger partial charge in [0.15, 0.2) is 9.84 Å². The minimum atomic E-state index is -2.92. The molecule has 2 rings (SSSR count). The molecule has 0 aromatic carbocycles. The van der Waals surface area contributed by atoms with Crippen LogP contribution >= 0.6 is 0 Å². The van der Waals surface area contributed by atoms with Gasteiger partial charge in [0.1, 0.15) is 0 Å². The summed E-state index contributed by atoms with van der Waals surface area (Å²) in [5.41, 5.74) is 0. The Kier molecular flexibility index (Phi) is 3.82. The molecular weight excluding hydrogens is 254 g/mol. The second-order valence-electron chi connectivity index (χ2n) is 5.33. The molecule has 18 heavy (non-hydrogen) atoms. The Morgan fingerprint density at radius 1 is 1.22 bits per heavy atom. The highest BCUT2D eigenvalue weighted by Gasteiger charge is 2.32. The fourth-order valence-corrected chi connectivity index (χ4v) is 3.41. The van der Waals surface area contributed by atoms with Crippen molar-refractivity contribution in [1.29, 1.82) is 0 Å². The number of carbonyl (C=O) groups excluding carboxylic acids is 1. The Balaban J connectivity index is 1.74.